The number of ether oxygens (including phenoxy) is 1. The van der Waals surface area contributed by atoms with E-state index in [1.54, 1.807) is 31.4 Å². The number of methoxy groups -OCH3 is 1. The van der Waals surface area contributed by atoms with Gasteiger partial charge in [0, 0.05) is 31.0 Å². The van der Waals surface area contributed by atoms with E-state index >= 15 is 0 Å². The van der Waals surface area contributed by atoms with E-state index in [9.17, 15) is 9.59 Å². The van der Waals surface area contributed by atoms with Gasteiger partial charge in [0.05, 0.1) is 7.11 Å². The van der Waals surface area contributed by atoms with Crippen molar-refractivity contribution in [3.05, 3.63) is 29.8 Å². The van der Waals surface area contributed by atoms with E-state index < -0.39 is 0 Å². The van der Waals surface area contributed by atoms with Crippen LogP contribution >= 0.6 is 0 Å². The van der Waals surface area contributed by atoms with E-state index in [0.717, 1.165) is 12.3 Å². The van der Waals surface area contributed by atoms with Crippen molar-refractivity contribution in [2.24, 2.45) is 0 Å². The predicted octanol–water partition coefficient (Wildman–Crippen LogP) is 2.16. The van der Waals surface area contributed by atoms with Crippen LogP contribution in [0.25, 0.3) is 0 Å². The first kappa shape index (κ1) is 18.2. The van der Waals surface area contributed by atoms with Crippen LogP contribution in [0.2, 0.25) is 0 Å². The Kier molecular flexibility index (Phi) is 8.22. The zero-order chi connectivity index (χ0) is 16.4. The molecule has 5 nitrogen and oxygen atoms in total. The number of Topliss-reactive ketones (excluding diaryl/α,β-unsaturated/α-hetero) is 1. The van der Waals surface area contributed by atoms with Gasteiger partial charge in [0.15, 0.2) is 5.78 Å². The second-order valence-electron chi connectivity index (χ2n) is 5.27. The molecule has 0 radical (unpaired) electrons. The van der Waals surface area contributed by atoms with Gasteiger partial charge in [-0.05, 0) is 44.2 Å². The Balaban J connectivity index is 2.25. The molecule has 1 amide bonds. The van der Waals surface area contributed by atoms with Gasteiger partial charge in [0.2, 0.25) is 5.91 Å². The average Bonchev–Trinajstić information content (AvgIpc) is 2.53. The maximum absolute atomic E-state index is 12.0. The number of hydrogen-bond acceptors (Lipinski definition) is 4. The molecule has 22 heavy (non-hydrogen) atoms. The maximum atomic E-state index is 12.0. The van der Waals surface area contributed by atoms with Crippen LogP contribution in [0.5, 0.6) is 5.75 Å². The fourth-order valence-electron chi connectivity index (χ4n) is 2.11. The lowest BCUT2D eigenvalue weighted by Crippen LogP contribution is -2.38. The summed E-state index contributed by atoms with van der Waals surface area (Å²) >= 11 is 0. The molecule has 0 aliphatic rings. The molecule has 2 N–H and O–H groups in total. The Morgan fingerprint density at radius 3 is 2.45 bits per heavy atom. The molecular formula is C17H26N2O3. The van der Waals surface area contributed by atoms with Gasteiger partial charge in [-0.2, -0.15) is 0 Å². The van der Waals surface area contributed by atoms with E-state index in [4.69, 9.17) is 4.74 Å². The molecule has 0 unspecified atom stereocenters. The Labute approximate surface area is 132 Å². The standard InChI is InChI=1S/C17H26N2O3/c1-4-18-13(2)12-19-17(21)7-5-6-16(20)14-8-10-15(22-3)11-9-14/h8-11,13,18H,4-7,12H2,1-3H3,(H,19,21)/t13-/m1/s1. The minimum Gasteiger partial charge on any atom is -0.497 e. The summed E-state index contributed by atoms with van der Waals surface area (Å²) in [4.78, 5) is 23.7. The SMILES string of the molecule is CCN[C@H](C)CNC(=O)CCCC(=O)c1ccc(OC)cc1. The number of benzene rings is 1. The Hall–Kier alpha value is -1.88. The largest absolute Gasteiger partial charge is 0.497 e. The summed E-state index contributed by atoms with van der Waals surface area (Å²) in [5.74, 6) is 0.773. The Morgan fingerprint density at radius 1 is 1.18 bits per heavy atom. The summed E-state index contributed by atoms with van der Waals surface area (Å²) in [6, 6.07) is 7.29. The molecule has 0 saturated heterocycles. The number of carbonyl (C=O) groups is 2. The molecule has 5 heteroatoms. The summed E-state index contributed by atoms with van der Waals surface area (Å²) in [5.41, 5.74) is 0.655. The van der Waals surface area contributed by atoms with Crippen molar-refractivity contribution >= 4 is 11.7 Å². The van der Waals surface area contributed by atoms with Crippen molar-refractivity contribution < 1.29 is 14.3 Å². The van der Waals surface area contributed by atoms with Crippen LogP contribution in [0.4, 0.5) is 0 Å². The zero-order valence-electron chi connectivity index (χ0n) is 13.6. The molecule has 0 bridgehead atoms. The highest BCUT2D eigenvalue weighted by atomic mass is 16.5. The van der Waals surface area contributed by atoms with Gasteiger partial charge in [0.25, 0.3) is 0 Å². The van der Waals surface area contributed by atoms with Gasteiger partial charge < -0.3 is 15.4 Å². The van der Waals surface area contributed by atoms with E-state index in [0.29, 0.717) is 31.4 Å². The molecule has 1 aromatic carbocycles. The molecule has 0 aromatic heterocycles. The highest BCUT2D eigenvalue weighted by molar-refractivity contribution is 5.96. The highest BCUT2D eigenvalue weighted by Crippen LogP contribution is 2.13. The molecule has 1 rings (SSSR count). The normalized spacial score (nSPS) is 11.8. The number of nitrogens with one attached hydrogen (secondary N) is 2. The average molecular weight is 306 g/mol. The third-order valence-electron chi connectivity index (χ3n) is 3.38. The van der Waals surface area contributed by atoms with E-state index in [2.05, 4.69) is 10.6 Å². The number of likely N-dealkylation sites (N-methyl/N-ethyl adjacent to an activating group) is 1. The monoisotopic (exact) mass is 306 g/mol. The first-order valence-corrected chi connectivity index (χ1v) is 7.74. The second kappa shape index (κ2) is 9.95. The van der Waals surface area contributed by atoms with Crippen LogP contribution in [0.3, 0.4) is 0 Å². The van der Waals surface area contributed by atoms with Crippen molar-refractivity contribution in [3.8, 4) is 5.75 Å². The minimum absolute atomic E-state index is 0.00714. The fourth-order valence-corrected chi connectivity index (χ4v) is 2.11. The first-order valence-electron chi connectivity index (χ1n) is 7.74. The lowest BCUT2D eigenvalue weighted by Gasteiger charge is -2.13. The van der Waals surface area contributed by atoms with Gasteiger partial charge in [-0.15, -0.1) is 0 Å². The van der Waals surface area contributed by atoms with Crippen LogP contribution in [0, 0.1) is 0 Å². The van der Waals surface area contributed by atoms with Crippen molar-refractivity contribution in [1.82, 2.24) is 10.6 Å². The molecule has 0 aliphatic carbocycles. The molecule has 1 atom stereocenters. The first-order chi connectivity index (χ1) is 10.6. The van der Waals surface area contributed by atoms with Crippen LogP contribution in [-0.2, 0) is 4.79 Å². The van der Waals surface area contributed by atoms with Crippen LogP contribution < -0.4 is 15.4 Å². The number of ketones is 1. The second-order valence-corrected chi connectivity index (χ2v) is 5.27. The fraction of sp³-hybridized carbons (Fsp3) is 0.529. The summed E-state index contributed by atoms with van der Waals surface area (Å²) in [7, 11) is 1.59. The van der Waals surface area contributed by atoms with Gasteiger partial charge >= 0.3 is 0 Å². The number of amides is 1. The summed E-state index contributed by atoms with van der Waals surface area (Å²) in [6.45, 7) is 5.55. The summed E-state index contributed by atoms with van der Waals surface area (Å²) in [5, 5.41) is 6.09. The molecule has 0 heterocycles. The summed E-state index contributed by atoms with van der Waals surface area (Å²) in [6.07, 6.45) is 1.32. The van der Waals surface area contributed by atoms with Gasteiger partial charge in [-0.3, -0.25) is 9.59 Å². The molecule has 0 aliphatic heterocycles. The van der Waals surface area contributed by atoms with E-state index in [1.807, 2.05) is 13.8 Å². The third kappa shape index (κ3) is 6.72. The molecule has 0 spiro atoms. The van der Waals surface area contributed by atoms with Crippen molar-refractivity contribution in [1.29, 1.82) is 0 Å². The summed E-state index contributed by atoms with van der Waals surface area (Å²) < 4.78 is 5.06. The lowest BCUT2D eigenvalue weighted by molar-refractivity contribution is -0.121. The maximum Gasteiger partial charge on any atom is 0.220 e. The molecule has 0 fully saturated rings. The van der Waals surface area contributed by atoms with Gasteiger partial charge in [0.1, 0.15) is 5.75 Å². The topological polar surface area (TPSA) is 67.4 Å². The van der Waals surface area contributed by atoms with Crippen LogP contribution in [-0.4, -0.2) is 37.9 Å². The van der Waals surface area contributed by atoms with Crippen LogP contribution in [0.1, 0.15) is 43.5 Å². The Morgan fingerprint density at radius 2 is 1.86 bits per heavy atom. The van der Waals surface area contributed by atoms with Gasteiger partial charge in [-0.1, -0.05) is 6.92 Å². The van der Waals surface area contributed by atoms with Crippen LogP contribution in [0.15, 0.2) is 24.3 Å². The molecule has 0 saturated carbocycles. The quantitative estimate of drug-likeness (QED) is 0.650. The number of rotatable bonds is 10. The predicted molar refractivity (Wildman–Crippen MR) is 87.3 cm³/mol. The van der Waals surface area contributed by atoms with Crippen molar-refractivity contribution in [2.45, 2.75) is 39.2 Å². The lowest BCUT2D eigenvalue weighted by atomic mass is 10.1. The van der Waals surface area contributed by atoms with Crippen molar-refractivity contribution in [3.63, 3.8) is 0 Å². The molecular weight excluding hydrogens is 280 g/mol. The molecule has 122 valence electrons. The van der Waals surface area contributed by atoms with Crippen molar-refractivity contribution in [2.75, 3.05) is 20.2 Å². The number of hydrogen-bond donors (Lipinski definition) is 2. The van der Waals surface area contributed by atoms with Gasteiger partial charge in [-0.25, -0.2) is 0 Å². The molecule has 1 aromatic rings. The zero-order valence-corrected chi connectivity index (χ0v) is 13.6. The smallest absolute Gasteiger partial charge is 0.220 e. The number of carbonyl (C=O) groups excluding carboxylic acids is 2. The Bertz CT molecular complexity index is 471. The third-order valence-corrected chi connectivity index (χ3v) is 3.38. The van der Waals surface area contributed by atoms with E-state index in [-0.39, 0.29) is 17.7 Å². The minimum atomic E-state index is -0.00714. The van der Waals surface area contributed by atoms with E-state index in [1.165, 1.54) is 0 Å². The highest BCUT2D eigenvalue weighted by Gasteiger charge is 2.08.